The molecule has 1 aromatic heterocycles. The molecule has 1 atom stereocenters. The van der Waals surface area contributed by atoms with Gasteiger partial charge in [0, 0.05) is 17.3 Å². The quantitative estimate of drug-likeness (QED) is 0.848. The van der Waals surface area contributed by atoms with Gasteiger partial charge in [-0.25, -0.2) is 0 Å². The molecule has 0 bridgehead atoms. The van der Waals surface area contributed by atoms with Gasteiger partial charge in [0.25, 0.3) is 5.56 Å². The Balaban J connectivity index is 2.43. The van der Waals surface area contributed by atoms with Crippen LogP contribution in [0.1, 0.15) is 18.5 Å². The predicted octanol–water partition coefficient (Wildman–Crippen LogP) is 3.17. The largest absolute Gasteiger partial charge is 0.318 e. The molecule has 0 fully saturated rings. The predicted molar refractivity (Wildman–Crippen MR) is 71.2 cm³/mol. The van der Waals surface area contributed by atoms with E-state index in [0.717, 1.165) is 5.56 Å². The Labute approximate surface area is 109 Å². The molecule has 0 aliphatic carbocycles. The van der Waals surface area contributed by atoms with Crippen LogP contribution in [0.15, 0.2) is 41.3 Å². The van der Waals surface area contributed by atoms with Crippen molar-refractivity contribution >= 4 is 23.8 Å². The van der Waals surface area contributed by atoms with Gasteiger partial charge < -0.3 is 4.57 Å². The maximum absolute atomic E-state index is 11.1. The third-order valence-electron chi connectivity index (χ3n) is 2.62. The van der Waals surface area contributed by atoms with E-state index in [1.807, 2.05) is 35.8 Å². The molecule has 17 heavy (non-hydrogen) atoms. The van der Waals surface area contributed by atoms with Gasteiger partial charge in [-0.3, -0.25) is 9.78 Å². The van der Waals surface area contributed by atoms with Crippen LogP contribution in [0.5, 0.6) is 0 Å². The molecule has 5 heteroatoms. The van der Waals surface area contributed by atoms with Gasteiger partial charge in [-0.15, -0.1) is 0 Å². The summed E-state index contributed by atoms with van der Waals surface area (Å²) in [4.78, 5) is 13.7. The van der Waals surface area contributed by atoms with Crippen LogP contribution in [0.4, 0.5) is 0 Å². The third-order valence-corrected chi connectivity index (χ3v) is 3.19. The van der Waals surface area contributed by atoms with E-state index in [1.165, 1.54) is 6.07 Å². The summed E-state index contributed by atoms with van der Waals surface area (Å²) in [6.45, 7) is 2.01. The molecule has 0 radical (unpaired) electrons. The van der Waals surface area contributed by atoms with Crippen molar-refractivity contribution in [3.05, 3.63) is 62.2 Å². The van der Waals surface area contributed by atoms with Crippen LogP contribution in [-0.2, 0) is 0 Å². The maximum Gasteiger partial charge on any atom is 0.251 e. The number of aromatic amines is 1. The van der Waals surface area contributed by atoms with Crippen molar-refractivity contribution in [3.8, 4) is 0 Å². The normalized spacial score (nSPS) is 12.4. The summed E-state index contributed by atoms with van der Waals surface area (Å²) in [6.07, 6.45) is 1.69. The first-order valence-corrected chi connectivity index (χ1v) is 5.93. The first kappa shape index (κ1) is 12.1. The van der Waals surface area contributed by atoms with E-state index in [0.29, 0.717) is 9.79 Å². The van der Waals surface area contributed by atoms with Crippen molar-refractivity contribution < 1.29 is 0 Å². The van der Waals surface area contributed by atoms with Crippen LogP contribution in [0.25, 0.3) is 0 Å². The average molecular weight is 267 g/mol. The highest BCUT2D eigenvalue weighted by Crippen LogP contribution is 2.19. The van der Waals surface area contributed by atoms with E-state index >= 15 is 0 Å². The summed E-state index contributed by atoms with van der Waals surface area (Å²) >= 11 is 11.0. The SMILES string of the molecule is CC(c1ccc(Cl)cc1)n1ccc(=O)[nH]c1=S. The van der Waals surface area contributed by atoms with E-state index in [2.05, 4.69) is 4.98 Å². The Kier molecular flexibility index (Phi) is 3.45. The van der Waals surface area contributed by atoms with Crippen LogP contribution in [-0.4, -0.2) is 9.55 Å². The molecule has 3 nitrogen and oxygen atoms in total. The van der Waals surface area contributed by atoms with Gasteiger partial charge in [-0.1, -0.05) is 23.7 Å². The lowest BCUT2D eigenvalue weighted by Gasteiger charge is -2.15. The summed E-state index contributed by atoms with van der Waals surface area (Å²) in [5.41, 5.74) is 0.895. The second-order valence-electron chi connectivity index (χ2n) is 3.74. The molecular formula is C12H11ClN2OS. The van der Waals surface area contributed by atoms with Gasteiger partial charge in [0.05, 0.1) is 6.04 Å². The summed E-state index contributed by atoms with van der Waals surface area (Å²) in [5.74, 6) is 0. The fourth-order valence-electron chi connectivity index (χ4n) is 1.63. The van der Waals surface area contributed by atoms with Gasteiger partial charge in [0.2, 0.25) is 0 Å². The number of halogens is 1. The zero-order chi connectivity index (χ0) is 12.4. The minimum atomic E-state index is -0.186. The first-order valence-electron chi connectivity index (χ1n) is 5.15. The Morgan fingerprint density at radius 1 is 1.29 bits per heavy atom. The van der Waals surface area contributed by atoms with E-state index < -0.39 is 0 Å². The van der Waals surface area contributed by atoms with Gasteiger partial charge in [-0.05, 0) is 36.8 Å². The van der Waals surface area contributed by atoms with Gasteiger partial charge in [0.1, 0.15) is 0 Å². The van der Waals surface area contributed by atoms with Gasteiger partial charge in [-0.2, -0.15) is 0 Å². The minimum absolute atomic E-state index is 0.0524. The summed E-state index contributed by atoms with van der Waals surface area (Å²) in [7, 11) is 0. The van der Waals surface area contributed by atoms with E-state index in [9.17, 15) is 4.79 Å². The molecule has 0 amide bonds. The van der Waals surface area contributed by atoms with Crippen molar-refractivity contribution in [1.29, 1.82) is 0 Å². The third kappa shape index (κ3) is 2.65. The fraction of sp³-hybridized carbons (Fsp3) is 0.167. The number of rotatable bonds is 2. The molecule has 1 aromatic carbocycles. The summed E-state index contributed by atoms with van der Waals surface area (Å²) in [5, 5.41) is 0.700. The number of aromatic nitrogens is 2. The second-order valence-corrected chi connectivity index (χ2v) is 4.57. The molecular weight excluding hydrogens is 256 g/mol. The molecule has 0 saturated heterocycles. The van der Waals surface area contributed by atoms with Crippen molar-refractivity contribution in [2.45, 2.75) is 13.0 Å². The number of hydrogen-bond donors (Lipinski definition) is 1. The van der Waals surface area contributed by atoms with Crippen LogP contribution in [0.2, 0.25) is 5.02 Å². The van der Waals surface area contributed by atoms with Crippen LogP contribution in [0, 0.1) is 4.77 Å². The Morgan fingerprint density at radius 3 is 2.53 bits per heavy atom. The monoisotopic (exact) mass is 266 g/mol. The Morgan fingerprint density at radius 2 is 1.94 bits per heavy atom. The van der Waals surface area contributed by atoms with Crippen molar-refractivity contribution in [1.82, 2.24) is 9.55 Å². The van der Waals surface area contributed by atoms with Crippen molar-refractivity contribution in [2.75, 3.05) is 0 Å². The topological polar surface area (TPSA) is 37.8 Å². The zero-order valence-corrected chi connectivity index (χ0v) is 10.8. The van der Waals surface area contributed by atoms with E-state index in [-0.39, 0.29) is 11.6 Å². The first-order chi connectivity index (χ1) is 8.08. The molecule has 0 saturated carbocycles. The average Bonchev–Trinajstić information content (AvgIpc) is 2.29. The maximum atomic E-state index is 11.1. The lowest BCUT2D eigenvalue weighted by molar-refractivity contribution is 0.610. The lowest BCUT2D eigenvalue weighted by Crippen LogP contribution is -2.14. The number of nitrogens with one attached hydrogen (secondary N) is 1. The Hall–Kier alpha value is -1.39. The highest BCUT2D eigenvalue weighted by molar-refractivity contribution is 7.71. The molecule has 1 unspecified atom stereocenters. The second kappa shape index (κ2) is 4.85. The van der Waals surface area contributed by atoms with Crippen molar-refractivity contribution in [2.24, 2.45) is 0 Å². The van der Waals surface area contributed by atoms with Crippen molar-refractivity contribution in [3.63, 3.8) is 0 Å². The van der Waals surface area contributed by atoms with Gasteiger partial charge in [0.15, 0.2) is 4.77 Å². The van der Waals surface area contributed by atoms with E-state index in [4.69, 9.17) is 23.8 Å². The molecule has 2 aromatic rings. The lowest BCUT2D eigenvalue weighted by atomic mass is 10.1. The fourth-order valence-corrected chi connectivity index (χ4v) is 2.08. The molecule has 0 aliphatic rings. The Bertz CT molecular complexity index is 630. The van der Waals surface area contributed by atoms with Crippen LogP contribution < -0.4 is 5.56 Å². The molecule has 1 heterocycles. The zero-order valence-electron chi connectivity index (χ0n) is 9.18. The van der Waals surface area contributed by atoms with Crippen LogP contribution >= 0.6 is 23.8 Å². The summed E-state index contributed by atoms with van der Waals surface area (Å²) in [6, 6.07) is 9.07. The molecule has 0 aliphatic heterocycles. The number of H-pyrrole nitrogens is 1. The minimum Gasteiger partial charge on any atom is -0.318 e. The molecule has 88 valence electrons. The number of benzene rings is 1. The molecule has 0 spiro atoms. The van der Waals surface area contributed by atoms with E-state index in [1.54, 1.807) is 6.20 Å². The highest BCUT2D eigenvalue weighted by atomic mass is 35.5. The van der Waals surface area contributed by atoms with Crippen LogP contribution in [0.3, 0.4) is 0 Å². The molecule has 1 N–H and O–H groups in total. The van der Waals surface area contributed by atoms with Gasteiger partial charge >= 0.3 is 0 Å². The molecule has 2 rings (SSSR count). The number of nitrogens with zero attached hydrogens (tertiary/aromatic N) is 1. The summed E-state index contributed by atoms with van der Waals surface area (Å²) < 4.78 is 2.25. The smallest absolute Gasteiger partial charge is 0.251 e. The standard InChI is InChI=1S/C12H11ClN2OS/c1-8(9-2-4-10(13)5-3-9)15-7-6-11(16)14-12(15)17/h2-8H,1H3,(H,14,16,17). The highest BCUT2D eigenvalue weighted by Gasteiger charge is 2.07. The number of hydrogen-bond acceptors (Lipinski definition) is 2.